The normalized spacial score (nSPS) is 12.6. The third-order valence-electron chi connectivity index (χ3n) is 3.61. The molecule has 1 atom stereocenters. The van der Waals surface area contributed by atoms with Crippen LogP contribution in [0.15, 0.2) is 9.59 Å². The predicted octanol–water partition coefficient (Wildman–Crippen LogP) is 0.00180. The van der Waals surface area contributed by atoms with E-state index in [9.17, 15) is 14.4 Å². The molecule has 1 N–H and O–H groups in total. The van der Waals surface area contributed by atoms with Gasteiger partial charge >= 0.3 is 5.69 Å². The Kier molecular flexibility index (Phi) is 4.41. The van der Waals surface area contributed by atoms with Crippen LogP contribution in [0, 0.1) is 0 Å². The molecule has 0 spiro atoms. The Morgan fingerprint density at radius 1 is 1.32 bits per heavy atom. The summed E-state index contributed by atoms with van der Waals surface area (Å²) in [5.74, 6) is -0.260. The van der Waals surface area contributed by atoms with Gasteiger partial charge in [0.15, 0.2) is 11.2 Å². The molecule has 2 aromatic rings. The minimum Gasteiger partial charge on any atom is -0.352 e. The summed E-state index contributed by atoms with van der Waals surface area (Å²) in [5, 5.41) is 2.80. The highest BCUT2D eigenvalue weighted by Gasteiger charge is 2.19. The number of aromatic nitrogens is 4. The topological polar surface area (TPSA) is 90.9 Å². The minimum absolute atomic E-state index is 0.00685. The van der Waals surface area contributed by atoms with Gasteiger partial charge in [0.2, 0.25) is 11.2 Å². The van der Waals surface area contributed by atoms with Crippen molar-refractivity contribution in [3.8, 4) is 0 Å². The number of hydrogen-bond acceptors (Lipinski definition) is 4. The van der Waals surface area contributed by atoms with E-state index in [1.807, 2.05) is 13.8 Å². The number of rotatable bonds is 4. The van der Waals surface area contributed by atoms with Crippen LogP contribution >= 0.6 is 11.6 Å². The molecule has 0 aliphatic heterocycles. The van der Waals surface area contributed by atoms with Crippen LogP contribution in [0.3, 0.4) is 0 Å². The van der Waals surface area contributed by atoms with Crippen molar-refractivity contribution in [2.75, 3.05) is 0 Å². The molecule has 0 saturated heterocycles. The number of nitrogens with one attached hydrogen (secondary N) is 1. The third kappa shape index (κ3) is 2.66. The van der Waals surface area contributed by atoms with Crippen molar-refractivity contribution in [3.63, 3.8) is 0 Å². The second-order valence-corrected chi connectivity index (χ2v) is 5.56. The summed E-state index contributed by atoms with van der Waals surface area (Å²) in [6, 6.07) is 0.0257. The smallest absolute Gasteiger partial charge is 0.332 e. The molecular weight excluding hydrogens is 310 g/mol. The maximum Gasteiger partial charge on any atom is 0.332 e. The van der Waals surface area contributed by atoms with E-state index in [4.69, 9.17) is 11.6 Å². The number of carbonyl (C=O) groups excluding carboxylic acids is 1. The molecule has 0 fully saturated rings. The zero-order chi connectivity index (χ0) is 16.6. The molecule has 0 aliphatic carbocycles. The lowest BCUT2D eigenvalue weighted by atomic mass is 10.2. The first-order valence-electron chi connectivity index (χ1n) is 6.89. The van der Waals surface area contributed by atoms with E-state index in [2.05, 4.69) is 10.3 Å². The second kappa shape index (κ2) is 5.96. The quantitative estimate of drug-likeness (QED) is 0.800. The molecular formula is C13H18ClN5O3. The zero-order valence-corrected chi connectivity index (χ0v) is 13.6. The van der Waals surface area contributed by atoms with Crippen molar-refractivity contribution < 1.29 is 4.79 Å². The first kappa shape index (κ1) is 16.3. The fourth-order valence-corrected chi connectivity index (χ4v) is 2.39. The van der Waals surface area contributed by atoms with Crippen molar-refractivity contribution in [2.45, 2.75) is 32.9 Å². The van der Waals surface area contributed by atoms with Crippen molar-refractivity contribution in [3.05, 3.63) is 26.1 Å². The van der Waals surface area contributed by atoms with Gasteiger partial charge in [-0.15, -0.1) is 0 Å². The summed E-state index contributed by atoms with van der Waals surface area (Å²) in [6.45, 7) is 3.73. The number of imidazole rings is 1. The summed E-state index contributed by atoms with van der Waals surface area (Å²) < 4.78 is 3.57. The fraction of sp³-hybridized carbons (Fsp3) is 0.538. The molecule has 0 saturated carbocycles. The number of fused-ring (bicyclic) bond motifs is 1. The molecule has 0 aromatic carbocycles. The lowest BCUT2D eigenvalue weighted by Crippen LogP contribution is -2.38. The number of halogens is 1. The average molecular weight is 328 g/mol. The first-order chi connectivity index (χ1) is 10.3. The fourth-order valence-electron chi connectivity index (χ4n) is 2.17. The van der Waals surface area contributed by atoms with Gasteiger partial charge in [0.1, 0.15) is 6.54 Å². The largest absolute Gasteiger partial charge is 0.352 e. The van der Waals surface area contributed by atoms with Crippen LogP contribution in [0.25, 0.3) is 11.2 Å². The van der Waals surface area contributed by atoms with Gasteiger partial charge in [-0.25, -0.2) is 9.78 Å². The van der Waals surface area contributed by atoms with Gasteiger partial charge in [-0.3, -0.25) is 23.3 Å². The summed E-state index contributed by atoms with van der Waals surface area (Å²) in [4.78, 5) is 40.1. The van der Waals surface area contributed by atoms with Crippen molar-refractivity contribution in [2.24, 2.45) is 14.1 Å². The molecule has 8 nitrogen and oxygen atoms in total. The summed E-state index contributed by atoms with van der Waals surface area (Å²) >= 11 is 6.04. The van der Waals surface area contributed by atoms with Crippen molar-refractivity contribution in [1.82, 2.24) is 24.0 Å². The summed E-state index contributed by atoms with van der Waals surface area (Å²) in [6.07, 6.45) is 0.795. The third-order valence-corrected chi connectivity index (χ3v) is 3.90. The average Bonchev–Trinajstić information content (AvgIpc) is 2.79. The molecule has 1 amide bonds. The standard InChI is InChI=1S/C13H18ClN5O3/c1-5-7(2)15-8(20)6-19-10-9(16-12(19)14)11(21)18(4)13(22)17(10)3/h7H,5-6H2,1-4H3,(H,15,20). The van der Waals surface area contributed by atoms with Gasteiger partial charge in [-0.05, 0) is 24.9 Å². The molecule has 1 unspecified atom stereocenters. The Bertz CT molecular complexity index is 848. The van der Waals surface area contributed by atoms with E-state index in [-0.39, 0.29) is 34.9 Å². The highest BCUT2D eigenvalue weighted by atomic mass is 35.5. The van der Waals surface area contributed by atoms with Gasteiger partial charge in [0.05, 0.1) is 0 Å². The van der Waals surface area contributed by atoms with Crippen LogP contribution < -0.4 is 16.6 Å². The van der Waals surface area contributed by atoms with E-state index in [1.165, 1.54) is 23.2 Å². The van der Waals surface area contributed by atoms with Crippen LogP contribution in [0.2, 0.25) is 5.28 Å². The van der Waals surface area contributed by atoms with Crippen LogP contribution in [-0.4, -0.2) is 30.6 Å². The highest BCUT2D eigenvalue weighted by molar-refractivity contribution is 6.29. The molecule has 22 heavy (non-hydrogen) atoms. The van der Waals surface area contributed by atoms with Gasteiger partial charge in [0, 0.05) is 20.1 Å². The maximum absolute atomic E-state index is 12.1. The van der Waals surface area contributed by atoms with Gasteiger partial charge < -0.3 is 5.32 Å². The van der Waals surface area contributed by atoms with Gasteiger partial charge in [-0.1, -0.05) is 6.92 Å². The summed E-state index contributed by atoms with van der Waals surface area (Å²) in [5.41, 5.74) is -0.748. The number of amides is 1. The highest BCUT2D eigenvalue weighted by Crippen LogP contribution is 2.15. The number of nitrogens with zero attached hydrogens (tertiary/aromatic N) is 4. The molecule has 9 heteroatoms. The Morgan fingerprint density at radius 3 is 2.55 bits per heavy atom. The van der Waals surface area contributed by atoms with Gasteiger partial charge in [0.25, 0.3) is 5.56 Å². The van der Waals surface area contributed by atoms with E-state index in [0.717, 1.165) is 11.0 Å². The predicted molar refractivity (Wildman–Crippen MR) is 83.1 cm³/mol. The van der Waals surface area contributed by atoms with Crippen molar-refractivity contribution >= 4 is 28.7 Å². The lowest BCUT2D eigenvalue weighted by Gasteiger charge is -2.13. The van der Waals surface area contributed by atoms with Crippen LogP contribution in [-0.2, 0) is 25.4 Å². The monoisotopic (exact) mass is 327 g/mol. The number of aryl methyl sites for hydroxylation is 1. The minimum atomic E-state index is -0.541. The Hall–Kier alpha value is -2.09. The molecule has 0 bridgehead atoms. The number of carbonyl (C=O) groups is 1. The molecule has 2 heterocycles. The Labute approximate surface area is 131 Å². The van der Waals surface area contributed by atoms with Gasteiger partial charge in [-0.2, -0.15) is 0 Å². The van der Waals surface area contributed by atoms with Crippen LogP contribution in [0.4, 0.5) is 0 Å². The number of hydrogen-bond donors (Lipinski definition) is 1. The second-order valence-electron chi connectivity index (χ2n) is 5.22. The van der Waals surface area contributed by atoms with E-state index < -0.39 is 11.2 Å². The zero-order valence-electron chi connectivity index (χ0n) is 12.9. The molecule has 2 rings (SSSR count). The summed E-state index contributed by atoms with van der Waals surface area (Å²) in [7, 11) is 2.87. The Morgan fingerprint density at radius 2 is 1.95 bits per heavy atom. The Balaban J connectivity index is 2.56. The first-order valence-corrected chi connectivity index (χ1v) is 7.26. The van der Waals surface area contributed by atoms with Crippen molar-refractivity contribution in [1.29, 1.82) is 0 Å². The molecule has 0 aliphatic rings. The maximum atomic E-state index is 12.1. The lowest BCUT2D eigenvalue weighted by molar-refractivity contribution is -0.122. The molecule has 120 valence electrons. The molecule has 2 aromatic heterocycles. The van der Waals surface area contributed by atoms with E-state index >= 15 is 0 Å². The molecule has 0 radical (unpaired) electrons. The SMILES string of the molecule is CCC(C)NC(=O)Cn1c(Cl)nc2c(=O)n(C)c(=O)n(C)c21. The van der Waals surface area contributed by atoms with E-state index in [0.29, 0.717) is 0 Å². The van der Waals surface area contributed by atoms with Crippen LogP contribution in [0.1, 0.15) is 20.3 Å². The van der Waals surface area contributed by atoms with E-state index in [1.54, 1.807) is 0 Å². The van der Waals surface area contributed by atoms with Crippen LogP contribution in [0.5, 0.6) is 0 Å².